The number of hydrogen-bond acceptors (Lipinski definition) is 4. The van der Waals surface area contributed by atoms with Gasteiger partial charge in [-0.15, -0.1) is 0 Å². The second-order valence-electron chi connectivity index (χ2n) is 5.38. The number of ether oxygens (including phenoxy) is 1. The van der Waals surface area contributed by atoms with E-state index in [-0.39, 0.29) is 4.90 Å². The van der Waals surface area contributed by atoms with Crippen molar-refractivity contribution in [2.75, 3.05) is 33.4 Å². The van der Waals surface area contributed by atoms with Crippen molar-refractivity contribution in [3.05, 3.63) is 29.8 Å². The van der Waals surface area contributed by atoms with E-state index in [1.807, 2.05) is 13.8 Å². The highest BCUT2D eigenvalue weighted by molar-refractivity contribution is 7.89. The molecular weight excluding hydrogens is 340 g/mol. The number of sulfonamides is 1. The molecule has 8 heteroatoms. The molecule has 1 rings (SSSR count). The van der Waals surface area contributed by atoms with Crippen molar-refractivity contribution in [3.63, 3.8) is 0 Å². The van der Waals surface area contributed by atoms with Gasteiger partial charge in [-0.05, 0) is 51.4 Å². The smallest absolute Gasteiger partial charge is 0.240 e. The van der Waals surface area contributed by atoms with Crippen molar-refractivity contribution in [3.8, 4) is 0 Å². The van der Waals surface area contributed by atoms with E-state index in [1.165, 1.54) is 7.05 Å². The Bertz CT molecular complexity index is 615. The first-order valence-corrected chi connectivity index (χ1v) is 10.1. The van der Waals surface area contributed by atoms with Gasteiger partial charge in [0.1, 0.15) is 0 Å². The number of guanidine groups is 1. The minimum Gasteiger partial charge on any atom is -0.382 e. The quantitative estimate of drug-likeness (QED) is 0.312. The zero-order valence-corrected chi connectivity index (χ0v) is 16.2. The first kappa shape index (κ1) is 21.4. The average Bonchev–Trinajstić information content (AvgIpc) is 2.62. The van der Waals surface area contributed by atoms with Crippen LogP contribution in [-0.4, -0.2) is 47.7 Å². The van der Waals surface area contributed by atoms with Gasteiger partial charge >= 0.3 is 0 Å². The molecular formula is C17H30N4O3S. The molecule has 0 heterocycles. The van der Waals surface area contributed by atoms with Crippen LogP contribution in [0.25, 0.3) is 0 Å². The Kier molecular flexibility index (Phi) is 10.1. The van der Waals surface area contributed by atoms with E-state index in [9.17, 15) is 8.42 Å². The van der Waals surface area contributed by atoms with Gasteiger partial charge in [0, 0.05) is 26.3 Å². The zero-order chi connectivity index (χ0) is 18.5. The molecule has 0 spiro atoms. The summed E-state index contributed by atoms with van der Waals surface area (Å²) in [6.07, 6.45) is 2.03. The lowest BCUT2D eigenvalue weighted by atomic mass is 10.2. The summed E-state index contributed by atoms with van der Waals surface area (Å²) >= 11 is 0. The van der Waals surface area contributed by atoms with E-state index in [4.69, 9.17) is 4.74 Å². The van der Waals surface area contributed by atoms with E-state index in [0.29, 0.717) is 6.54 Å². The number of hydrogen-bond donors (Lipinski definition) is 3. The first-order valence-electron chi connectivity index (χ1n) is 8.66. The maximum absolute atomic E-state index is 11.7. The molecule has 0 aliphatic heterocycles. The Morgan fingerprint density at radius 2 is 1.84 bits per heavy atom. The predicted molar refractivity (Wildman–Crippen MR) is 101 cm³/mol. The lowest BCUT2D eigenvalue weighted by Crippen LogP contribution is -2.37. The van der Waals surface area contributed by atoms with Gasteiger partial charge in [-0.2, -0.15) is 0 Å². The highest BCUT2D eigenvalue weighted by Crippen LogP contribution is 2.10. The Labute approximate surface area is 151 Å². The predicted octanol–water partition coefficient (Wildman–Crippen LogP) is 1.47. The van der Waals surface area contributed by atoms with Crippen molar-refractivity contribution in [2.45, 2.75) is 38.1 Å². The van der Waals surface area contributed by atoms with Gasteiger partial charge in [0.15, 0.2) is 5.96 Å². The van der Waals surface area contributed by atoms with E-state index in [2.05, 4.69) is 20.3 Å². The fraction of sp³-hybridized carbons (Fsp3) is 0.588. The van der Waals surface area contributed by atoms with Crippen LogP contribution in [0.15, 0.2) is 34.2 Å². The third-order valence-corrected chi connectivity index (χ3v) is 4.91. The molecule has 0 aromatic heterocycles. The highest BCUT2D eigenvalue weighted by Gasteiger charge is 2.10. The van der Waals surface area contributed by atoms with Crippen LogP contribution in [0.5, 0.6) is 0 Å². The summed E-state index contributed by atoms with van der Waals surface area (Å²) < 4.78 is 31.0. The monoisotopic (exact) mass is 370 g/mol. The summed E-state index contributed by atoms with van der Waals surface area (Å²) in [5.41, 5.74) is 0.948. The number of nitrogens with one attached hydrogen (secondary N) is 3. The number of nitrogens with zero attached hydrogens (tertiary/aromatic N) is 1. The molecule has 0 radical (unpaired) electrons. The van der Waals surface area contributed by atoms with E-state index >= 15 is 0 Å². The molecule has 25 heavy (non-hydrogen) atoms. The van der Waals surface area contributed by atoms with Gasteiger partial charge in [0.25, 0.3) is 0 Å². The maximum Gasteiger partial charge on any atom is 0.240 e. The molecule has 0 aliphatic carbocycles. The van der Waals surface area contributed by atoms with Crippen LogP contribution >= 0.6 is 0 Å². The molecule has 142 valence electrons. The number of benzene rings is 1. The van der Waals surface area contributed by atoms with E-state index in [1.54, 1.807) is 24.3 Å². The van der Waals surface area contributed by atoms with Gasteiger partial charge < -0.3 is 15.4 Å². The van der Waals surface area contributed by atoms with Gasteiger partial charge in [-0.1, -0.05) is 12.1 Å². The van der Waals surface area contributed by atoms with Gasteiger partial charge in [0.2, 0.25) is 10.0 Å². The summed E-state index contributed by atoms with van der Waals surface area (Å²) in [7, 11) is -2.00. The van der Waals surface area contributed by atoms with Gasteiger partial charge in [-0.25, -0.2) is 18.1 Å². The molecule has 0 fully saturated rings. The highest BCUT2D eigenvalue weighted by atomic mass is 32.2. The molecule has 0 amide bonds. The second kappa shape index (κ2) is 11.8. The topological polar surface area (TPSA) is 91.8 Å². The van der Waals surface area contributed by atoms with Gasteiger partial charge in [-0.3, -0.25) is 0 Å². The first-order chi connectivity index (χ1) is 12.0. The van der Waals surface area contributed by atoms with Crippen LogP contribution in [-0.2, 0) is 21.3 Å². The van der Waals surface area contributed by atoms with Crippen LogP contribution < -0.4 is 15.4 Å². The zero-order valence-electron chi connectivity index (χ0n) is 15.3. The Morgan fingerprint density at radius 1 is 1.12 bits per heavy atom. The summed E-state index contributed by atoms with van der Waals surface area (Å²) in [4.78, 5) is 4.78. The fourth-order valence-electron chi connectivity index (χ4n) is 2.08. The van der Waals surface area contributed by atoms with Crippen molar-refractivity contribution >= 4 is 16.0 Å². The number of unbranched alkanes of at least 4 members (excludes halogenated alkanes) is 1. The third kappa shape index (κ3) is 8.33. The number of aliphatic imine (C=N–C) groups is 1. The summed E-state index contributed by atoms with van der Waals surface area (Å²) in [6, 6.07) is 6.73. The molecule has 7 nitrogen and oxygen atoms in total. The standard InChI is InChI=1S/C17H30N4O3S/c1-4-19-17(20-12-6-7-13-24-5-2)21-14-15-8-10-16(11-9-15)25(22,23)18-3/h8-11,18H,4-7,12-14H2,1-3H3,(H2,19,20,21). The van der Waals surface area contributed by atoms with Crippen molar-refractivity contribution in [1.82, 2.24) is 15.4 Å². The number of rotatable bonds is 11. The molecule has 0 bridgehead atoms. The van der Waals surface area contributed by atoms with Crippen LogP contribution in [0.2, 0.25) is 0 Å². The fourth-order valence-corrected chi connectivity index (χ4v) is 2.81. The third-order valence-electron chi connectivity index (χ3n) is 3.48. The maximum atomic E-state index is 11.7. The summed E-state index contributed by atoms with van der Waals surface area (Å²) in [5, 5.41) is 6.49. The molecule has 1 aromatic carbocycles. The molecule has 3 N–H and O–H groups in total. The van der Waals surface area contributed by atoms with Crippen LogP contribution in [0.4, 0.5) is 0 Å². The largest absolute Gasteiger partial charge is 0.382 e. The van der Waals surface area contributed by atoms with Crippen LogP contribution in [0.3, 0.4) is 0 Å². The van der Waals surface area contributed by atoms with Crippen LogP contribution in [0.1, 0.15) is 32.3 Å². The molecule has 0 saturated carbocycles. The van der Waals surface area contributed by atoms with E-state index in [0.717, 1.165) is 50.7 Å². The summed E-state index contributed by atoms with van der Waals surface area (Å²) in [6.45, 7) is 7.65. The normalized spacial score (nSPS) is 12.2. The Balaban J connectivity index is 2.53. The molecule has 0 unspecified atom stereocenters. The molecule has 0 aliphatic rings. The van der Waals surface area contributed by atoms with Gasteiger partial charge in [0.05, 0.1) is 11.4 Å². The van der Waals surface area contributed by atoms with Crippen LogP contribution in [0, 0.1) is 0 Å². The minimum atomic E-state index is -3.40. The Morgan fingerprint density at radius 3 is 2.44 bits per heavy atom. The minimum absolute atomic E-state index is 0.252. The molecule has 0 saturated heterocycles. The van der Waals surface area contributed by atoms with Crippen molar-refractivity contribution in [1.29, 1.82) is 0 Å². The average molecular weight is 371 g/mol. The second-order valence-corrected chi connectivity index (χ2v) is 7.26. The van der Waals surface area contributed by atoms with E-state index < -0.39 is 10.0 Å². The Hall–Kier alpha value is -1.64. The van der Waals surface area contributed by atoms with Crippen molar-refractivity contribution in [2.24, 2.45) is 4.99 Å². The van der Waals surface area contributed by atoms with Crippen molar-refractivity contribution < 1.29 is 13.2 Å². The molecule has 0 atom stereocenters. The lowest BCUT2D eigenvalue weighted by molar-refractivity contribution is 0.143. The lowest BCUT2D eigenvalue weighted by Gasteiger charge is -2.11. The summed E-state index contributed by atoms with van der Waals surface area (Å²) in [5.74, 6) is 0.755. The SMILES string of the molecule is CCNC(=NCc1ccc(S(=O)(=O)NC)cc1)NCCCCOCC. The molecule has 1 aromatic rings.